The van der Waals surface area contributed by atoms with Gasteiger partial charge in [0.25, 0.3) is 0 Å². The van der Waals surface area contributed by atoms with Crippen molar-refractivity contribution in [1.29, 1.82) is 0 Å². The number of hydrogen-bond donors (Lipinski definition) is 1. The van der Waals surface area contributed by atoms with Gasteiger partial charge in [-0.1, -0.05) is 20.8 Å². The summed E-state index contributed by atoms with van der Waals surface area (Å²) in [5.74, 6) is 0. The van der Waals surface area contributed by atoms with Crippen LogP contribution in [0.5, 0.6) is 0 Å². The minimum Gasteiger partial charge on any atom is -0.377 e. The summed E-state index contributed by atoms with van der Waals surface area (Å²) in [5, 5.41) is 3.55. The quantitative estimate of drug-likeness (QED) is 0.600. The predicted octanol–water partition coefficient (Wildman–Crippen LogP) is 1.80. The monoisotopic (exact) mass is 171 g/mol. The molecule has 0 bridgehead atoms. The molecule has 0 aromatic carbocycles. The lowest BCUT2D eigenvalue weighted by Crippen LogP contribution is -2.41. The molecular formula is C10H21NO. The van der Waals surface area contributed by atoms with Crippen LogP contribution >= 0.6 is 0 Å². The molecule has 0 aromatic heterocycles. The summed E-state index contributed by atoms with van der Waals surface area (Å²) >= 11 is 0. The standard InChI is InChI=1S/C10H21NO/c1-8-7-11-9(5-6-12-8)10(2,3)4/h8-9,11H,5-7H2,1-4H3. The van der Waals surface area contributed by atoms with Gasteiger partial charge in [-0.05, 0) is 18.8 Å². The van der Waals surface area contributed by atoms with E-state index in [0.717, 1.165) is 19.6 Å². The van der Waals surface area contributed by atoms with E-state index in [1.807, 2.05) is 0 Å². The highest BCUT2D eigenvalue weighted by Gasteiger charge is 2.26. The lowest BCUT2D eigenvalue weighted by Gasteiger charge is -2.30. The number of nitrogens with one attached hydrogen (secondary N) is 1. The minimum atomic E-state index is 0.355. The first-order valence-corrected chi connectivity index (χ1v) is 4.85. The average Bonchev–Trinajstić information content (AvgIpc) is 2.11. The minimum absolute atomic E-state index is 0.355. The molecule has 0 amide bonds. The zero-order chi connectivity index (χ0) is 9.19. The molecule has 1 saturated heterocycles. The van der Waals surface area contributed by atoms with Gasteiger partial charge in [-0.3, -0.25) is 0 Å². The Bertz CT molecular complexity index is 139. The molecule has 0 aliphatic carbocycles. The Balaban J connectivity index is 2.46. The molecule has 1 N–H and O–H groups in total. The van der Waals surface area contributed by atoms with Gasteiger partial charge in [0.2, 0.25) is 0 Å². The van der Waals surface area contributed by atoms with Crippen molar-refractivity contribution >= 4 is 0 Å². The van der Waals surface area contributed by atoms with Gasteiger partial charge in [0.05, 0.1) is 6.10 Å². The van der Waals surface area contributed by atoms with Gasteiger partial charge in [-0.25, -0.2) is 0 Å². The molecule has 0 aromatic rings. The molecule has 72 valence electrons. The summed E-state index contributed by atoms with van der Waals surface area (Å²) in [6, 6.07) is 0.599. The molecule has 1 rings (SSSR count). The fourth-order valence-corrected chi connectivity index (χ4v) is 1.60. The lowest BCUT2D eigenvalue weighted by molar-refractivity contribution is 0.0785. The van der Waals surface area contributed by atoms with Crippen LogP contribution < -0.4 is 5.32 Å². The summed E-state index contributed by atoms with van der Waals surface area (Å²) in [4.78, 5) is 0. The summed E-state index contributed by atoms with van der Waals surface area (Å²) in [6.45, 7) is 10.8. The SMILES string of the molecule is CC1CNC(C(C)(C)C)CCO1. The first kappa shape index (κ1) is 10.0. The maximum atomic E-state index is 5.57. The van der Waals surface area contributed by atoms with Gasteiger partial charge in [-0.15, -0.1) is 0 Å². The third-order valence-electron chi connectivity index (χ3n) is 2.51. The second kappa shape index (κ2) is 3.75. The first-order chi connectivity index (χ1) is 5.50. The smallest absolute Gasteiger partial charge is 0.0671 e. The van der Waals surface area contributed by atoms with Gasteiger partial charge in [-0.2, -0.15) is 0 Å². The molecule has 2 atom stereocenters. The fourth-order valence-electron chi connectivity index (χ4n) is 1.60. The molecule has 0 spiro atoms. The van der Waals surface area contributed by atoms with Crippen molar-refractivity contribution in [3.05, 3.63) is 0 Å². The van der Waals surface area contributed by atoms with Crippen molar-refractivity contribution in [2.45, 2.75) is 46.3 Å². The maximum absolute atomic E-state index is 5.57. The average molecular weight is 171 g/mol. The molecule has 1 aliphatic heterocycles. The van der Waals surface area contributed by atoms with Crippen LogP contribution in [0.2, 0.25) is 0 Å². The van der Waals surface area contributed by atoms with Gasteiger partial charge in [0, 0.05) is 19.2 Å². The molecule has 2 heteroatoms. The van der Waals surface area contributed by atoms with Crippen molar-refractivity contribution in [1.82, 2.24) is 5.32 Å². The van der Waals surface area contributed by atoms with Crippen LogP contribution in [0, 0.1) is 5.41 Å². The molecular weight excluding hydrogens is 150 g/mol. The lowest BCUT2D eigenvalue weighted by atomic mass is 9.85. The van der Waals surface area contributed by atoms with E-state index < -0.39 is 0 Å². The Morgan fingerprint density at radius 3 is 2.58 bits per heavy atom. The van der Waals surface area contributed by atoms with E-state index in [0.29, 0.717) is 17.6 Å². The third-order valence-corrected chi connectivity index (χ3v) is 2.51. The van der Waals surface area contributed by atoms with Crippen molar-refractivity contribution in [3.63, 3.8) is 0 Å². The molecule has 2 nitrogen and oxygen atoms in total. The molecule has 1 fully saturated rings. The highest BCUT2D eigenvalue weighted by Crippen LogP contribution is 2.23. The van der Waals surface area contributed by atoms with E-state index in [9.17, 15) is 0 Å². The largest absolute Gasteiger partial charge is 0.377 e. The number of hydrogen-bond acceptors (Lipinski definition) is 2. The predicted molar refractivity (Wildman–Crippen MR) is 51.3 cm³/mol. The first-order valence-electron chi connectivity index (χ1n) is 4.85. The van der Waals surface area contributed by atoms with E-state index in [4.69, 9.17) is 4.74 Å². The Labute approximate surface area is 75.7 Å². The van der Waals surface area contributed by atoms with Crippen LogP contribution in [-0.2, 0) is 4.74 Å². The highest BCUT2D eigenvalue weighted by atomic mass is 16.5. The zero-order valence-corrected chi connectivity index (χ0v) is 8.68. The number of ether oxygens (including phenoxy) is 1. The van der Waals surface area contributed by atoms with E-state index >= 15 is 0 Å². The summed E-state index contributed by atoms with van der Waals surface area (Å²) < 4.78 is 5.57. The Kier molecular flexibility index (Phi) is 3.13. The molecule has 1 aliphatic rings. The highest BCUT2D eigenvalue weighted by molar-refractivity contribution is 4.82. The third kappa shape index (κ3) is 2.76. The normalized spacial score (nSPS) is 33.0. The Hall–Kier alpha value is -0.0800. The molecule has 12 heavy (non-hydrogen) atoms. The van der Waals surface area contributed by atoms with Crippen LogP contribution in [0.3, 0.4) is 0 Å². The van der Waals surface area contributed by atoms with Crippen LogP contribution in [-0.4, -0.2) is 25.3 Å². The maximum Gasteiger partial charge on any atom is 0.0671 e. The van der Waals surface area contributed by atoms with Crippen molar-refractivity contribution in [2.75, 3.05) is 13.2 Å². The summed E-state index contributed by atoms with van der Waals surface area (Å²) in [7, 11) is 0. The molecule has 1 heterocycles. The van der Waals surface area contributed by atoms with Crippen molar-refractivity contribution < 1.29 is 4.74 Å². The van der Waals surface area contributed by atoms with Crippen LogP contribution in [0.4, 0.5) is 0 Å². The van der Waals surface area contributed by atoms with Crippen LogP contribution in [0.25, 0.3) is 0 Å². The number of rotatable bonds is 0. The van der Waals surface area contributed by atoms with E-state index in [-0.39, 0.29) is 0 Å². The Morgan fingerprint density at radius 2 is 2.00 bits per heavy atom. The van der Waals surface area contributed by atoms with Gasteiger partial charge < -0.3 is 10.1 Å². The molecule has 0 saturated carbocycles. The van der Waals surface area contributed by atoms with Crippen molar-refractivity contribution in [2.24, 2.45) is 5.41 Å². The van der Waals surface area contributed by atoms with Gasteiger partial charge >= 0.3 is 0 Å². The van der Waals surface area contributed by atoms with Crippen LogP contribution in [0.15, 0.2) is 0 Å². The molecule has 2 unspecified atom stereocenters. The van der Waals surface area contributed by atoms with Crippen LogP contribution in [0.1, 0.15) is 34.1 Å². The van der Waals surface area contributed by atoms with Gasteiger partial charge in [0.15, 0.2) is 0 Å². The summed E-state index contributed by atoms with van der Waals surface area (Å²) in [5.41, 5.74) is 0.355. The van der Waals surface area contributed by atoms with Crippen molar-refractivity contribution in [3.8, 4) is 0 Å². The topological polar surface area (TPSA) is 21.3 Å². The molecule has 0 radical (unpaired) electrons. The second-order valence-corrected chi connectivity index (χ2v) is 4.80. The van der Waals surface area contributed by atoms with E-state index in [2.05, 4.69) is 33.0 Å². The zero-order valence-electron chi connectivity index (χ0n) is 8.68. The van der Waals surface area contributed by atoms with Gasteiger partial charge in [0.1, 0.15) is 0 Å². The Morgan fingerprint density at radius 1 is 1.33 bits per heavy atom. The van der Waals surface area contributed by atoms with E-state index in [1.54, 1.807) is 0 Å². The summed E-state index contributed by atoms with van der Waals surface area (Å²) in [6.07, 6.45) is 1.51. The second-order valence-electron chi connectivity index (χ2n) is 4.80. The fraction of sp³-hybridized carbons (Fsp3) is 1.00. The van der Waals surface area contributed by atoms with E-state index in [1.165, 1.54) is 0 Å².